The standard InChI is InChI=1S/C13H16N2/c1-9-4-6-12(14-8-9)13-7-5-10(2)11(3)15-13/h4,6-8,10H,5H2,1-3H3. The van der Waals surface area contributed by atoms with Gasteiger partial charge in [0, 0.05) is 11.9 Å². The zero-order valence-corrected chi connectivity index (χ0v) is 9.49. The molecule has 0 bridgehead atoms. The SMILES string of the molecule is CC1=NC(c2ccc(C)cn2)=CCC1C. The van der Waals surface area contributed by atoms with Gasteiger partial charge in [-0.15, -0.1) is 0 Å². The van der Waals surface area contributed by atoms with Crippen LogP contribution < -0.4 is 0 Å². The van der Waals surface area contributed by atoms with Crippen molar-refractivity contribution < 1.29 is 0 Å². The van der Waals surface area contributed by atoms with Crippen LogP contribution in [-0.2, 0) is 0 Å². The summed E-state index contributed by atoms with van der Waals surface area (Å²) in [5.74, 6) is 0.569. The molecule has 0 fully saturated rings. The fourth-order valence-electron chi connectivity index (χ4n) is 1.59. The molecule has 0 N–H and O–H groups in total. The second kappa shape index (κ2) is 3.97. The van der Waals surface area contributed by atoms with Gasteiger partial charge in [-0.25, -0.2) is 0 Å². The van der Waals surface area contributed by atoms with E-state index in [1.807, 2.05) is 19.2 Å². The van der Waals surface area contributed by atoms with Crippen molar-refractivity contribution in [3.63, 3.8) is 0 Å². The molecule has 1 unspecified atom stereocenters. The average Bonchev–Trinajstić information content (AvgIpc) is 2.23. The van der Waals surface area contributed by atoms with Gasteiger partial charge in [-0.1, -0.05) is 19.1 Å². The summed E-state index contributed by atoms with van der Waals surface area (Å²) in [5, 5.41) is 0. The maximum atomic E-state index is 4.58. The predicted molar refractivity (Wildman–Crippen MR) is 63.8 cm³/mol. The Kier molecular flexibility index (Phi) is 2.67. The van der Waals surface area contributed by atoms with Crippen molar-refractivity contribution in [2.45, 2.75) is 27.2 Å². The summed E-state index contributed by atoms with van der Waals surface area (Å²) >= 11 is 0. The van der Waals surface area contributed by atoms with Crippen LogP contribution >= 0.6 is 0 Å². The van der Waals surface area contributed by atoms with E-state index in [9.17, 15) is 0 Å². The molecule has 0 aliphatic carbocycles. The van der Waals surface area contributed by atoms with E-state index in [1.54, 1.807) is 0 Å². The third-order valence-electron chi connectivity index (χ3n) is 2.85. The summed E-state index contributed by atoms with van der Waals surface area (Å²) in [6.45, 7) is 6.34. The summed E-state index contributed by atoms with van der Waals surface area (Å²) < 4.78 is 0. The highest BCUT2D eigenvalue weighted by Crippen LogP contribution is 2.23. The lowest BCUT2D eigenvalue weighted by atomic mass is 9.98. The van der Waals surface area contributed by atoms with E-state index in [1.165, 1.54) is 11.3 Å². The lowest BCUT2D eigenvalue weighted by Gasteiger charge is -2.15. The quantitative estimate of drug-likeness (QED) is 0.683. The summed E-state index contributed by atoms with van der Waals surface area (Å²) in [5.41, 5.74) is 4.39. The largest absolute Gasteiger partial charge is 0.256 e. The number of aliphatic imine (C=N–C) groups is 1. The maximum Gasteiger partial charge on any atom is 0.0883 e. The second-order valence-corrected chi connectivity index (χ2v) is 4.20. The zero-order chi connectivity index (χ0) is 10.8. The van der Waals surface area contributed by atoms with Crippen molar-refractivity contribution in [1.82, 2.24) is 4.98 Å². The minimum atomic E-state index is 0.569. The molecule has 1 aliphatic rings. The Morgan fingerprint density at radius 1 is 1.27 bits per heavy atom. The molecule has 0 spiro atoms. The Balaban J connectivity index is 2.30. The minimum Gasteiger partial charge on any atom is -0.256 e. The van der Waals surface area contributed by atoms with Gasteiger partial charge >= 0.3 is 0 Å². The first-order valence-electron chi connectivity index (χ1n) is 5.35. The van der Waals surface area contributed by atoms with Crippen LogP contribution in [-0.4, -0.2) is 10.7 Å². The predicted octanol–water partition coefficient (Wildman–Crippen LogP) is 3.23. The molecule has 1 aliphatic heterocycles. The molecule has 0 saturated heterocycles. The summed E-state index contributed by atoms with van der Waals surface area (Å²) in [6.07, 6.45) is 5.13. The molecule has 0 radical (unpaired) electrons. The van der Waals surface area contributed by atoms with E-state index in [0.717, 1.165) is 17.8 Å². The highest BCUT2D eigenvalue weighted by Gasteiger charge is 2.12. The van der Waals surface area contributed by atoms with Crippen LogP contribution in [0.15, 0.2) is 29.4 Å². The topological polar surface area (TPSA) is 25.2 Å². The van der Waals surface area contributed by atoms with Crippen LogP contribution in [0.3, 0.4) is 0 Å². The van der Waals surface area contributed by atoms with E-state index in [4.69, 9.17) is 0 Å². The lowest BCUT2D eigenvalue weighted by Crippen LogP contribution is -2.10. The van der Waals surface area contributed by atoms with Crippen molar-refractivity contribution in [2.75, 3.05) is 0 Å². The van der Waals surface area contributed by atoms with Gasteiger partial charge in [0.25, 0.3) is 0 Å². The fourth-order valence-corrected chi connectivity index (χ4v) is 1.59. The van der Waals surface area contributed by atoms with Crippen molar-refractivity contribution in [3.8, 4) is 0 Å². The van der Waals surface area contributed by atoms with E-state index < -0.39 is 0 Å². The van der Waals surface area contributed by atoms with Crippen LogP contribution in [0.2, 0.25) is 0 Å². The molecule has 1 aromatic heterocycles. The molecule has 2 nitrogen and oxygen atoms in total. The third-order valence-corrected chi connectivity index (χ3v) is 2.85. The Morgan fingerprint density at radius 2 is 2.07 bits per heavy atom. The van der Waals surface area contributed by atoms with Crippen molar-refractivity contribution in [3.05, 3.63) is 35.7 Å². The number of hydrogen-bond donors (Lipinski definition) is 0. The van der Waals surface area contributed by atoms with E-state index in [-0.39, 0.29) is 0 Å². The zero-order valence-electron chi connectivity index (χ0n) is 9.49. The van der Waals surface area contributed by atoms with Crippen LogP contribution in [0.5, 0.6) is 0 Å². The molecule has 2 rings (SSSR count). The molecule has 1 aromatic rings. The van der Waals surface area contributed by atoms with Gasteiger partial charge in [0.05, 0.1) is 11.4 Å². The highest BCUT2D eigenvalue weighted by atomic mass is 14.8. The van der Waals surface area contributed by atoms with Crippen LogP contribution in [0.4, 0.5) is 0 Å². The van der Waals surface area contributed by atoms with E-state index in [2.05, 4.69) is 36.0 Å². The van der Waals surface area contributed by atoms with Gasteiger partial charge < -0.3 is 0 Å². The number of rotatable bonds is 1. The fraction of sp³-hybridized carbons (Fsp3) is 0.385. The number of aromatic nitrogens is 1. The van der Waals surface area contributed by atoms with Crippen molar-refractivity contribution in [2.24, 2.45) is 10.9 Å². The molecule has 15 heavy (non-hydrogen) atoms. The third kappa shape index (κ3) is 2.14. The van der Waals surface area contributed by atoms with Gasteiger partial charge in [0.15, 0.2) is 0 Å². The first-order valence-corrected chi connectivity index (χ1v) is 5.35. The summed E-state index contributed by atoms with van der Waals surface area (Å²) in [7, 11) is 0. The average molecular weight is 200 g/mol. The molecule has 1 atom stereocenters. The normalized spacial score (nSPS) is 20.9. The number of allylic oxidation sites excluding steroid dienone is 1. The molecule has 0 aromatic carbocycles. The van der Waals surface area contributed by atoms with E-state index in [0.29, 0.717) is 5.92 Å². The number of hydrogen-bond acceptors (Lipinski definition) is 2. The molecule has 0 amide bonds. The lowest BCUT2D eigenvalue weighted by molar-refractivity contribution is 0.775. The first kappa shape index (κ1) is 10.1. The van der Waals surface area contributed by atoms with Gasteiger partial charge in [-0.05, 0) is 37.8 Å². The maximum absolute atomic E-state index is 4.58. The van der Waals surface area contributed by atoms with Gasteiger partial charge in [0.1, 0.15) is 0 Å². The first-order chi connectivity index (χ1) is 7.16. The number of nitrogens with zero attached hydrogens (tertiary/aromatic N) is 2. The second-order valence-electron chi connectivity index (χ2n) is 4.20. The monoisotopic (exact) mass is 200 g/mol. The van der Waals surface area contributed by atoms with Gasteiger partial charge in [-0.2, -0.15) is 0 Å². The van der Waals surface area contributed by atoms with Crippen molar-refractivity contribution >= 4 is 11.4 Å². The molecule has 2 heterocycles. The number of aryl methyl sites for hydroxylation is 1. The molecular weight excluding hydrogens is 184 g/mol. The minimum absolute atomic E-state index is 0.569. The number of pyridine rings is 1. The Bertz CT molecular complexity index is 413. The molecule has 2 heteroatoms. The van der Waals surface area contributed by atoms with Crippen molar-refractivity contribution in [1.29, 1.82) is 0 Å². The molecule has 0 saturated carbocycles. The van der Waals surface area contributed by atoms with Gasteiger partial charge in [-0.3, -0.25) is 9.98 Å². The Labute approximate surface area is 90.8 Å². The van der Waals surface area contributed by atoms with Crippen LogP contribution in [0.1, 0.15) is 31.5 Å². The molecular formula is C13H16N2. The van der Waals surface area contributed by atoms with E-state index >= 15 is 0 Å². The highest BCUT2D eigenvalue weighted by molar-refractivity contribution is 5.91. The Hall–Kier alpha value is -1.44. The van der Waals surface area contributed by atoms with Crippen LogP contribution in [0, 0.1) is 12.8 Å². The smallest absolute Gasteiger partial charge is 0.0883 e. The van der Waals surface area contributed by atoms with Crippen LogP contribution in [0.25, 0.3) is 5.70 Å². The summed E-state index contributed by atoms with van der Waals surface area (Å²) in [4.78, 5) is 8.96. The summed E-state index contributed by atoms with van der Waals surface area (Å²) in [6, 6.07) is 4.11. The van der Waals surface area contributed by atoms with Gasteiger partial charge in [0.2, 0.25) is 0 Å². The Morgan fingerprint density at radius 3 is 2.67 bits per heavy atom. The molecule has 78 valence electrons.